The van der Waals surface area contributed by atoms with Crippen LogP contribution in [0.3, 0.4) is 0 Å². The number of aliphatic carboxylic acids is 1. The fraction of sp³-hybridized carbons (Fsp3) is 0.467. The summed E-state index contributed by atoms with van der Waals surface area (Å²) in [6, 6.07) is 4.75. The van der Waals surface area contributed by atoms with Crippen LogP contribution >= 0.6 is 11.6 Å². The number of rotatable bonds is 3. The van der Waals surface area contributed by atoms with E-state index in [1.807, 2.05) is 0 Å². The topological polar surface area (TPSA) is 66.8 Å². The number of carbonyl (C=O) groups is 2. The first-order chi connectivity index (χ1) is 9.90. The molecule has 1 saturated heterocycles. The Labute approximate surface area is 128 Å². The van der Waals surface area contributed by atoms with Gasteiger partial charge >= 0.3 is 5.97 Å². The molecule has 1 amide bonds. The third kappa shape index (κ3) is 2.83. The highest BCUT2D eigenvalue weighted by Gasteiger charge is 2.44. The number of nitrogens with zero attached hydrogens (tertiary/aromatic N) is 1. The normalized spacial score (nSPS) is 22.0. The van der Waals surface area contributed by atoms with Crippen molar-refractivity contribution in [2.45, 2.75) is 31.7 Å². The molecule has 1 aliphatic rings. The summed E-state index contributed by atoms with van der Waals surface area (Å²) in [5, 5.41) is 9.90. The Kier molecular flexibility index (Phi) is 4.42. The van der Waals surface area contributed by atoms with Crippen LogP contribution in [-0.2, 0) is 4.79 Å². The highest BCUT2D eigenvalue weighted by atomic mass is 35.5. The number of amides is 1. The van der Waals surface area contributed by atoms with E-state index in [4.69, 9.17) is 16.3 Å². The maximum Gasteiger partial charge on any atom is 0.329 e. The average molecular weight is 312 g/mol. The van der Waals surface area contributed by atoms with Crippen LogP contribution in [0.25, 0.3) is 0 Å². The van der Waals surface area contributed by atoms with E-state index in [0.29, 0.717) is 29.3 Å². The molecule has 0 aromatic heterocycles. The van der Waals surface area contributed by atoms with Gasteiger partial charge in [0.1, 0.15) is 11.3 Å². The van der Waals surface area contributed by atoms with Crippen molar-refractivity contribution in [3.63, 3.8) is 0 Å². The van der Waals surface area contributed by atoms with Crippen molar-refractivity contribution < 1.29 is 19.4 Å². The Morgan fingerprint density at radius 3 is 2.71 bits per heavy atom. The first kappa shape index (κ1) is 15.6. The molecule has 6 heteroatoms. The predicted molar refractivity (Wildman–Crippen MR) is 78.9 cm³/mol. The monoisotopic (exact) mass is 311 g/mol. The van der Waals surface area contributed by atoms with E-state index in [9.17, 15) is 14.7 Å². The largest absolute Gasteiger partial charge is 0.496 e. The molecule has 1 aromatic carbocycles. The van der Waals surface area contributed by atoms with Crippen LogP contribution in [0.15, 0.2) is 18.2 Å². The second-order valence-corrected chi connectivity index (χ2v) is 5.77. The van der Waals surface area contributed by atoms with Crippen LogP contribution < -0.4 is 4.74 Å². The molecule has 1 atom stereocenters. The first-order valence-corrected chi connectivity index (χ1v) is 7.17. The van der Waals surface area contributed by atoms with Gasteiger partial charge in [0.05, 0.1) is 12.7 Å². The van der Waals surface area contributed by atoms with Gasteiger partial charge in [0.15, 0.2) is 0 Å². The minimum Gasteiger partial charge on any atom is -0.496 e. The van der Waals surface area contributed by atoms with E-state index in [1.165, 1.54) is 18.1 Å². The molecule has 2 rings (SSSR count). The molecular formula is C15H18ClNO4. The third-order valence-corrected chi connectivity index (χ3v) is 4.22. The van der Waals surface area contributed by atoms with Gasteiger partial charge < -0.3 is 14.7 Å². The predicted octanol–water partition coefficient (Wildman–Crippen LogP) is 2.82. The van der Waals surface area contributed by atoms with E-state index in [0.717, 1.165) is 12.8 Å². The molecule has 114 valence electrons. The van der Waals surface area contributed by atoms with E-state index >= 15 is 0 Å². The van der Waals surface area contributed by atoms with Crippen molar-refractivity contribution in [3.8, 4) is 5.75 Å². The zero-order valence-corrected chi connectivity index (χ0v) is 12.8. The van der Waals surface area contributed by atoms with E-state index in [1.54, 1.807) is 19.1 Å². The van der Waals surface area contributed by atoms with Gasteiger partial charge in [-0.3, -0.25) is 4.79 Å². The highest BCUT2D eigenvalue weighted by Crippen LogP contribution is 2.32. The summed E-state index contributed by atoms with van der Waals surface area (Å²) in [7, 11) is 1.46. The van der Waals surface area contributed by atoms with Crippen molar-refractivity contribution in [1.29, 1.82) is 0 Å². The number of carboxylic acid groups (broad SMARTS) is 1. The molecule has 21 heavy (non-hydrogen) atoms. The standard InChI is InChI=1S/C15H18ClNO4/c1-15(14(19)20)7-3-4-8-17(15)13(18)11-9-10(16)5-6-12(11)21-2/h5-6,9H,3-4,7-8H2,1-2H3,(H,19,20). The summed E-state index contributed by atoms with van der Waals surface area (Å²) in [6.45, 7) is 2.00. The molecule has 0 saturated carbocycles. The zero-order chi connectivity index (χ0) is 15.6. The van der Waals surface area contributed by atoms with Crippen LogP contribution in [0, 0.1) is 0 Å². The maximum absolute atomic E-state index is 12.8. The number of hydrogen-bond acceptors (Lipinski definition) is 3. The van der Waals surface area contributed by atoms with Gasteiger partial charge in [0.25, 0.3) is 5.91 Å². The Morgan fingerprint density at radius 1 is 1.38 bits per heavy atom. The molecule has 1 fully saturated rings. The van der Waals surface area contributed by atoms with Gasteiger partial charge in [-0.25, -0.2) is 4.79 Å². The summed E-state index contributed by atoms with van der Waals surface area (Å²) in [4.78, 5) is 25.8. The SMILES string of the molecule is COc1ccc(Cl)cc1C(=O)N1CCCCC1(C)C(=O)O. The van der Waals surface area contributed by atoms with Crippen molar-refractivity contribution in [2.75, 3.05) is 13.7 Å². The van der Waals surface area contributed by atoms with Crippen molar-refractivity contribution in [2.24, 2.45) is 0 Å². The van der Waals surface area contributed by atoms with Gasteiger partial charge in [-0.1, -0.05) is 11.6 Å². The molecule has 0 spiro atoms. The molecule has 0 bridgehead atoms. The molecule has 1 aromatic rings. The van der Waals surface area contributed by atoms with Crippen LogP contribution in [0.5, 0.6) is 5.75 Å². The number of benzene rings is 1. The molecule has 1 N–H and O–H groups in total. The Bertz CT molecular complexity index is 575. The quantitative estimate of drug-likeness (QED) is 0.932. The lowest BCUT2D eigenvalue weighted by atomic mass is 9.87. The number of methoxy groups -OCH3 is 1. The molecule has 1 unspecified atom stereocenters. The zero-order valence-electron chi connectivity index (χ0n) is 12.1. The highest BCUT2D eigenvalue weighted by molar-refractivity contribution is 6.31. The Balaban J connectivity index is 2.42. The van der Waals surface area contributed by atoms with Gasteiger partial charge in [0.2, 0.25) is 0 Å². The number of hydrogen-bond donors (Lipinski definition) is 1. The van der Waals surface area contributed by atoms with E-state index in [2.05, 4.69) is 0 Å². The molecule has 1 heterocycles. The molecule has 0 radical (unpaired) electrons. The lowest BCUT2D eigenvalue weighted by Gasteiger charge is -2.41. The molecular weight excluding hydrogens is 294 g/mol. The second kappa shape index (κ2) is 5.93. The Hall–Kier alpha value is -1.75. The smallest absolute Gasteiger partial charge is 0.329 e. The van der Waals surface area contributed by atoms with Crippen LogP contribution in [-0.4, -0.2) is 41.1 Å². The summed E-state index contributed by atoms with van der Waals surface area (Å²) < 4.78 is 5.19. The van der Waals surface area contributed by atoms with Gasteiger partial charge in [-0.05, 0) is 44.4 Å². The van der Waals surface area contributed by atoms with Gasteiger partial charge in [-0.15, -0.1) is 0 Å². The number of halogens is 1. The Morgan fingerprint density at radius 2 is 2.10 bits per heavy atom. The molecule has 0 aliphatic carbocycles. The van der Waals surface area contributed by atoms with Crippen molar-refractivity contribution >= 4 is 23.5 Å². The number of piperidine rings is 1. The van der Waals surface area contributed by atoms with E-state index < -0.39 is 11.5 Å². The second-order valence-electron chi connectivity index (χ2n) is 5.34. The van der Waals surface area contributed by atoms with Gasteiger partial charge in [0, 0.05) is 11.6 Å². The number of likely N-dealkylation sites (tertiary alicyclic amines) is 1. The fourth-order valence-electron chi connectivity index (χ4n) is 2.66. The lowest BCUT2D eigenvalue weighted by Crippen LogP contribution is -2.57. The summed E-state index contributed by atoms with van der Waals surface area (Å²) in [5.41, 5.74) is -0.901. The fourth-order valence-corrected chi connectivity index (χ4v) is 2.83. The number of carbonyl (C=O) groups excluding carboxylic acids is 1. The minimum atomic E-state index is -1.19. The minimum absolute atomic E-state index is 0.291. The lowest BCUT2D eigenvalue weighted by molar-refractivity contribution is -0.150. The summed E-state index contributed by atoms with van der Waals surface area (Å²) in [5.74, 6) is -0.960. The number of ether oxygens (including phenoxy) is 1. The average Bonchev–Trinajstić information content (AvgIpc) is 2.47. The number of carboxylic acids is 1. The van der Waals surface area contributed by atoms with Crippen LogP contribution in [0.4, 0.5) is 0 Å². The molecule has 1 aliphatic heterocycles. The van der Waals surface area contributed by atoms with Crippen molar-refractivity contribution in [3.05, 3.63) is 28.8 Å². The van der Waals surface area contributed by atoms with Crippen LogP contribution in [0.1, 0.15) is 36.5 Å². The van der Waals surface area contributed by atoms with Crippen molar-refractivity contribution in [1.82, 2.24) is 4.90 Å². The molecule has 5 nitrogen and oxygen atoms in total. The first-order valence-electron chi connectivity index (χ1n) is 6.79. The third-order valence-electron chi connectivity index (χ3n) is 3.99. The maximum atomic E-state index is 12.8. The summed E-state index contributed by atoms with van der Waals surface area (Å²) >= 11 is 5.95. The van der Waals surface area contributed by atoms with Crippen LogP contribution in [0.2, 0.25) is 5.02 Å². The summed E-state index contributed by atoms with van der Waals surface area (Å²) in [6.07, 6.45) is 2.02. The van der Waals surface area contributed by atoms with E-state index in [-0.39, 0.29) is 5.91 Å². The van der Waals surface area contributed by atoms with Gasteiger partial charge in [-0.2, -0.15) is 0 Å².